The molecule has 0 radical (unpaired) electrons. The minimum Gasteiger partial charge on any atom is -0.373 e. The highest BCUT2D eigenvalue weighted by Gasteiger charge is 1.97. The summed E-state index contributed by atoms with van der Waals surface area (Å²) in [5.74, 6) is 0.972. The van der Waals surface area contributed by atoms with E-state index >= 15 is 0 Å². The Morgan fingerprint density at radius 3 is 2.07 bits per heavy atom. The van der Waals surface area contributed by atoms with Gasteiger partial charge in [-0.05, 0) is 18.4 Å². The van der Waals surface area contributed by atoms with Crippen LogP contribution in [0, 0.1) is 0 Å². The highest BCUT2D eigenvalue weighted by molar-refractivity contribution is 5.71. The first-order valence-electron chi connectivity index (χ1n) is 5.34. The summed E-state index contributed by atoms with van der Waals surface area (Å²) in [5.41, 5.74) is 1.34. The first-order valence-corrected chi connectivity index (χ1v) is 5.34. The zero-order chi connectivity index (χ0) is 11.4. The Labute approximate surface area is 88.8 Å². The molecule has 1 N–H and O–H groups in total. The molecule has 14 heavy (non-hydrogen) atoms. The third kappa shape index (κ3) is 6.46. The zero-order valence-corrected chi connectivity index (χ0v) is 10.2. The van der Waals surface area contributed by atoms with Crippen molar-refractivity contribution >= 4 is 6.21 Å². The van der Waals surface area contributed by atoms with Crippen LogP contribution in [0.3, 0.4) is 0 Å². The molecule has 0 spiro atoms. The van der Waals surface area contributed by atoms with Crippen molar-refractivity contribution in [3.63, 3.8) is 0 Å². The van der Waals surface area contributed by atoms with Crippen LogP contribution in [0.5, 0.6) is 0 Å². The molecule has 0 saturated carbocycles. The van der Waals surface area contributed by atoms with Gasteiger partial charge in [-0.2, -0.15) is 0 Å². The van der Waals surface area contributed by atoms with Gasteiger partial charge >= 0.3 is 0 Å². The molecule has 82 valence electrons. The van der Waals surface area contributed by atoms with E-state index in [0.717, 1.165) is 18.7 Å². The lowest BCUT2D eigenvalue weighted by Crippen LogP contribution is -2.06. The van der Waals surface area contributed by atoms with Crippen molar-refractivity contribution in [1.29, 1.82) is 0 Å². The van der Waals surface area contributed by atoms with Crippen molar-refractivity contribution in [3.05, 3.63) is 24.0 Å². The summed E-state index contributed by atoms with van der Waals surface area (Å²) in [4.78, 5) is 4.23. The molecule has 0 fully saturated rings. The van der Waals surface area contributed by atoms with Crippen LogP contribution in [0.15, 0.2) is 29.0 Å². The molecule has 0 rings (SSSR count). The number of allylic oxidation sites excluding steroid dienone is 2. The van der Waals surface area contributed by atoms with Crippen LogP contribution in [0.1, 0.15) is 40.5 Å². The molecule has 0 aromatic carbocycles. The third-order valence-corrected chi connectivity index (χ3v) is 1.73. The lowest BCUT2D eigenvalue weighted by atomic mass is 10.1. The van der Waals surface area contributed by atoms with Crippen molar-refractivity contribution in [2.24, 2.45) is 4.99 Å². The largest absolute Gasteiger partial charge is 0.373 e. The van der Waals surface area contributed by atoms with E-state index in [1.807, 2.05) is 20.9 Å². The van der Waals surface area contributed by atoms with Gasteiger partial charge < -0.3 is 5.32 Å². The molecule has 0 unspecified atom stereocenters. The van der Waals surface area contributed by atoms with Gasteiger partial charge in [0.05, 0.1) is 0 Å². The normalized spacial score (nSPS) is 8.93. The second-order valence-electron chi connectivity index (χ2n) is 2.42. The fourth-order valence-electron chi connectivity index (χ4n) is 1.04. The van der Waals surface area contributed by atoms with Gasteiger partial charge in [0.1, 0.15) is 5.82 Å². The molecule has 0 aromatic heterocycles. The van der Waals surface area contributed by atoms with E-state index < -0.39 is 0 Å². The van der Waals surface area contributed by atoms with Gasteiger partial charge in [-0.3, -0.25) is 0 Å². The molecule has 0 aliphatic heterocycles. The maximum atomic E-state index is 4.23. The van der Waals surface area contributed by atoms with Crippen LogP contribution in [-0.4, -0.2) is 13.3 Å². The van der Waals surface area contributed by atoms with Crippen molar-refractivity contribution in [2.75, 3.05) is 7.05 Å². The van der Waals surface area contributed by atoms with Crippen LogP contribution in [0.2, 0.25) is 0 Å². The molecule has 0 bridgehead atoms. The van der Waals surface area contributed by atoms with Crippen LogP contribution in [0.25, 0.3) is 0 Å². The van der Waals surface area contributed by atoms with Crippen molar-refractivity contribution < 1.29 is 0 Å². The van der Waals surface area contributed by atoms with E-state index in [9.17, 15) is 0 Å². The lowest BCUT2D eigenvalue weighted by Gasteiger charge is -2.06. The Balaban J connectivity index is 0. The smallest absolute Gasteiger partial charge is 0.124 e. The Morgan fingerprint density at radius 2 is 1.79 bits per heavy atom. The molecular weight excluding hydrogens is 172 g/mol. The van der Waals surface area contributed by atoms with Crippen molar-refractivity contribution in [3.8, 4) is 0 Å². The predicted molar refractivity (Wildman–Crippen MR) is 66.7 cm³/mol. The van der Waals surface area contributed by atoms with Gasteiger partial charge in [-0.1, -0.05) is 40.3 Å². The van der Waals surface area contributed by atoms with E-state index in [-0.39, 0.29) is 0 Å². The Bertz CT molecular complexity index is 184. The lowest BCUT2D eigenvalue weighted by molar-refractivity contribution is 0.859. The Morgan fingerprint density at radius 1 is 1.29 bits per heavy atom. The first-order chi connectivity index (χ1) is 6.79. The molecule has 0 atom stereocenters. The molecule has 0 saturated heterocycles. The number of rotatable bonds is 5. The summed E-state index contributed by atoms with van der Waals surface area (Å²) in [7, 11) is 1.89. The van der Waals surface area contributed by atoms with Gasteiger partial charge in [0.15, 0.2) is 0 Å². The minimum absolute atomic E-state index is 0.972. The SMILES string of the molecule is C=C/C=N\C(NC)=C(CC)CC.CC. The quantitative estimate of drug-likeness (QED) is 0.668. The van der Waals surface area contributed by atoms with E-state index in [0.29, 0.717) is 0 Å². The second kappa shape index (κ2) is 11.9. The van der Waals surface area contributed by atoms with E-state index in [2.05, 4.69) is 30.7 Å². The molecule has 0 aliphatic rings. The van der Waals surface area contributed by atoms with Crippen molar-refractivity contribution in [1.82, 2.24) is 5.32 Å². The van der Waals surface area contributed by atoms with Crippen LogP contribution in [-0.2, 0) is 0 Å². The van der Waals surface area contributed by atoms with Gasteiger partial charge in [0, 0.05) is 13.3 Å². The zero-order valence-electron chi connectivity index (χ0n) is 10.2. The van der Waals surface area contributed by atoms with E-state index in [1.54, 1.807) is 12.3 Å². The van der Waals surface area contributed by atoms with Gasteiger partial charge in [0.2, 0.25) is 0 Å². The van der Waals surface area contributed by atoms with Crippen LogP contribution in [0.4, 0.5) is 0 Å². The maximum Gasteiger partial charge on any atom is 0.124 e. The number of hydrogen-bond donors (Lipinski definition) is 1. The van der Waals surface area contributed by atoms with Gasteiger partial charge in [-0.15, -0.1) is 0 Å². The second-order valence-corrected chi connectivity index (χ2v) is 2.42. The molecule has 0 amide bonds. The number of aliphatic imine (C=N–C) groups is 1. The highest BCUT2D eigenvalue weighted by atomic mass is 15.0. The predicted octanol–water partition coefficient (Wildman–Crippen LogP) is 3.52. The molecular formula is C12H24N2. The molecule has 0 heterocycles. The first kappa shape index (κ1) is 15.4. The Hall–Kier alpha value is -1.05. The molecule has 2 nitrogen and oxygen atoms in total. The minimum atomic E-state index is 0.972. The molecule has 0 aliphatic carbocycles. The average molecular weight is 196 g/mol. The summed E-state index contributed by atoms with van der Waals surface area (Å²) in [6.07, 6.45) is 5.47. The van der Waals surface area contributed by atoms with E-state index in [1.165, 1.54) is 5.57 Å². The fourth-order valence-corrected chi connectivity index (χ4v) is 1.04. The summed E-state index contributed by atoms with van der Waals surface area (Å²) < 4.78 is 0. The standard InChI is InChI=1S/C10H18N2.C2H6/c1-5-8-12-10(11-4)9(6-2)7-3;1-2/h5,8,11H,1,6-7H2,2-4H3;1-2H3/b12-8-;. The monoisotopic (exact) mass is 196 g/mol. The average Bonchev–Trinajstić information content (AvgIpc) is 2.27. The Kier molecular flexibility index (Phi) is 13.2. The van der Waals surface area contributed by atoms with Gasteiger partial charge in [-0.25, -0.2) is 4.99 Å². The van der Waals surface area contributed by atoms with Crippen LogP contribution >= 0.6 is 0 Å². The number of nitrogens with zero attached hydrogens (tertiary/aromatic N) is 1. The van der Waals surface area contributed by atoms with Crippen LogP contribution < -0.4 is 5.32 Å². The fraction of sp³-hybridized carbons (Fsp3) is 0.583. The van der Waals surface area contributed by atoms with Gasteiger partial charge in [0.25, 0.3) is 0 Å². The maximum absolute atomic E-state index is 4.23. The number of nitrogens with one attached hydrogen (secondary N) is 1. The topological polar surface area (TPSA) is 24.4 Å². The molecule has 2 heteroatoms. The summed E-state index contributed by atoms with van der Waals surface area (Å²) >= 11 is 0. The number of hydrogen-bond acceptors (Lipinski definition) is 2. The third-order valence-electron chi connectivity index (χ3n) is 1.73. The summed E-state index contributed by atoms with van der Waals surface area (Å²) in [6.45, 7) is 11.9. The van der Waals surface area contributed by atoms with E-state index in [4.69, 9.17) is 0 Å². The molecule has 0 aromatic rings. The summed E-state index contributed by atoms with van der Waals surface area (Å²) in [5, 5.41) is 3.07. The summed E-state index contributed by atoms with van der Waals surface area (Å²) in [6, 6.07) is 0. The highest BCUT2D eigenvalue weighted by Crippen LogP contribution is 2.10. The van der Waals surface area contributed by atoms with Crippen molar-refractivity contribution in [2.45, 2.75) is 40.5 Å².